The summed E-state index contributed by atoms with van der Waals surface area (Å²) < 4.78 is 7.32. The van der Waals surface area contributed by atoms with Crippen molar-refractivity contribution in [2.45, 2.75) is 6.54 Å². The largest absolute Gasteiger partial charge is 0.492 e. The summed E-state index contributed by atoms with van der Waals surface area (Å²) in [5.41, 5.74) is 0. The molecule has 1 heterocycles. The minimum absolute atomic E-state index is 0.564. The zero-order valence-corrected chi connectivity index (χ0v) is 12.3. The minimum atomic E-state index is 0.564. The molecule has 1 aromatic heterocycles. The lowest BCUT2D eigenvalue weighted by Crippen LogP contribution is -2.39. The van der Waals surface area contributed by atoms with Crippen LogP contribution in [0.5, 0.6) is 5.75 Å². The number of hydrogen-bond donors (Lipinski definition) is 2. The van der Waals surface area contributed by atoms with Gasteiger partial charge in [-0.15, -0.1) is 0 Å². The molecule has 112 valence electrons. The number of rotatable bonds is 6. The number of nitrogens with zero attached hydrogens (tertiary/aromatic N) is 4. The molecule has 0 bridgehead atoms. The van der Waals surface area contributed by atoms with Crippen molar-refractivity contribution in [1.29, 1.82) is 0 Å². The Kier molecular flexibility index (Phi) is 5.57. The van der Waals surface area contributed by atoms with E-state index in [1.165, 1.54) is 6.33 Å². The lowest BCUT2D eigenvalue weighted by Gasteiger charge is -2.12. The molecule has 2 aromatic rings. The van der Waals surface area contributed by atoms with Gasteiger partial charge < -0.3 is 15.4 Å². The van der Waals surface area contributed by atoms with Crippen molar-refractivity contribution < 1.29 is 4.74 Å². The van der Waals surface area contributed by atoms with E-state index in [1.807, 2.05) is 37.4 Å². The number of benzene rings is 1. The first-order chi connectivity index (χ1) is 10.3. The van der Waals surface area contributed by atoms with Gasteiger partial charge in [0.2, 0.25) is 0 Å². The number of para-hydroxylation sites is 1. The Morgan fingerprint density at radius 1 is 1.29 bits per heavy atom. The third-order valence-corrected chi connectivity index (χ3v) is 2.85. The first kappa shape index (κ1) is 14.8. The normalized spacial score (nSPS) is 11.2. The standard InChI is InChI=1S/C14H20N6O/c1-15-14(17-10-13-18-11-19-20(13)2)16-8-9-21-12-6-4-3-5-7-12/h3-7,11H,8-10H2,1-2H3,(H2,15,16,17). The first-order valence-electron chi connectivity index (χ1n) is 6.75. The highest BCUT2D eigenvalue weighted by atomic mass is 16.5. The van der Waals surface area contributed by atoms with Crippen molar-refractivity contribution in [3.05, 3.63) is 42.5 Å². The zero-order chi connectivity index (χ0) is 14.9. The number of aromatic nitrogens is 3. The highest BCUT2D eigenvalue weighted by Crippen LogP contribution is 2.07. The Bertz CT molecular complexity index is 566. The number of guanidine groups is 1. The second-order valence-electron chi connectivity index (χ2n) is 4.31. The number of aryl methyl sites for hydroxylation is 1. The van der Waals surface area contributed by atoms with E-state index in [0.29, 0.717) is 25.7 Å². The van der Waals surface area contributed by atoms with Gasteiger partial charge >= 0.3 is 0 Å². The third-order valence-electron chi connectivity index (χ3n) is 2.85. The average Bonchev–Trinajstić information content (AvgIpc) is 2.93. The second kappa shape index (κ2) is 7.88. The van der Waals surface area contributed by atoms with Gasteiger partial charge in [0.15, 0.2) is 5.96 Å². The van der Waals surface area contributed by atoms with Crippen LogP contribution in [0.3, 0.4) is 0 Å². The summed E-state index contributed by atoms with van der Waals surface area (Å²) in [5.74, 6) is 2.41. The summed E-state index contributed by atoms with van der Waals surface area (Å²) in [4.78, 5) is 8.28. The van der Waals surface area contributed by atoms with Crippen molar-refractivity contribution in [3.63, 3.8) is 0 Å². The lowest BCUT2D eigenvalue weighted by atomic mass is 10.3. The van der Waals surface area contributed by atoms with Crippen molar-refractivity contribution >= 4 is 5.96 Å². The Morgan fingerprint density at radius 3 is 2.76 bits per heavy atom. The van der Waals surface area contributed by atoms with Gasteiger partial charge in [-0.25, -0.2) is 4.98 Å². The molecule has 7 heteroatoms. The summed E-state index contributed by atoms with van der Waals surface area (Å²) in [6, 6.07) is 9.72. The fourth-order valence-corrected chi connectivity index (χ4v) is 1.72. The Hall–Kier alpha value is -2.57. The van der Waals surface area contributed by atoms with Crippen LogP contribution in [0.4, 0.5) is 0 Å². The van der Waals surface area contributed by atoms with E-state index in [1.54, 1.807) is 11.7 Å². The van der Waals surface area contributed by atoms with Gasteiger partial charge in [-0.3, -0.25) is 9.67 Å². The SMILES string of the molecule is CN=C(NCCOc1ccccc1)NCc1ncnn1C. The van der Waals surface area contributed by atoms with Gasteiger partial charge in [0, 0.05) is 14.1 Å². The highest BCUT2D eigenvalue weighted by Gasteiger charge is 2.02. The van der Waals surface area contributed by atoms with Gasteiger partial charge in [0.05, 0.1) is 13.1 Å². The molecular formula is C14H20N6O. The van der Waals surface area contributed by atoms with Crippen molar-refractivity contribution in [2.75, 3.05) is 20.2 Å². The Labute approximate surface area is 124 Å². The maximum atomic E-state index is 5.60. The van der Waals surface area contributed by atoms with E-state index < -0.39 is 0 Å². The van der Waals surface area contributed by atoms with Gasteiger partial charge in [-0.1, -0.05) is 18.2 Å². The van der Waals surface area contributed by atoms with E-state index in [0.717, 1.165) is 11.6 Å². The van der Waals surface area contributed by atoms with Crippen LogP contribution in [-0.2, 0) is 13.6 Å². The maximum absolute atomic E-state index is 5.60. The molecule has 0 fully saturated rings. The van der Waals surface area contributed by atoms with Gasteiger partial charge in [0.25, 0.3) is 0 Å². The third kappa shape index (κ3) is 4.79. The molecular weight excluding hydrogens is 268 g/mol. The van der Waals surface area contributed by atoms with Crippen LogP contribution in [0.15, 0.2) is 41.7 Å². The summed E-state index contributed by atoms with van der Waals surface area (Å²) in [7, 11) is 3.58. The number of hydrogen-bond acceptors (Lipinski definition) is 4. The maximum Gasteiger partial charge on any atom is 0.191 e. The molecule has 0 spiro atoms. The Balaban J connectivity index is 1.67. The highest BCUT2D eigenvalue weighted by molar-refractivity contribution is 5.79. The van der Waals surface area contributed by atoms with Crippen LogP contribution in [-0.4, -0.2) is 40.9 Å². The molecule has 0 saturated heterocycles. The lowest BCUT2D eigenvalue weighted by molar-refractivity contribution is 0.322. The summed E-state index contributed by atoms with van der Waals surface area (Å²) in [5, 5.41) is 10.4. The minimum Gasteiger partial charge on any atom is -0.492 e. The number of ether oxygens (including phenoxy) is 1. The van der Waals surface area contributed by atoms with E-state index in [-0.39, 0.29) is 0 Å². The van der Waals surface area contributed by atoms with E-state index in [2.05, 4.69) is 25.7 Å². The predicted octanol–water partition coefficient (Wildman–Crippen LogP) is 0.559. The van der Waals surface area contributed by atoms with Gasteiger partial charge in [0.1, 0.15) is 24.5 Å². The summed E-state index contributed by atoms with van der Waals surface area (Å²) >= 11 is 0. The molecule has 0 aliphatic carbocycles. The topological polar surface area (TPSA) is 76.4 Å². The molecule has 0 aliphatic rings. The molecule has 0 amide bonds. The fraction of sp³-hybridized carbons (Fsp3) is 0.357. The molecule has 0 unspecified atom stereocenters. The predicted molar refractivity (Wildman–Crippen MR) is 81.1 cm³/mol. The summed E-state index contributed by atoms with van der Waals surface area (Å²) in [6.07, 6.45) is 1.53. The molecule has 2 rings (SSSR count). The van der Waals surface area contributed by atoms with Gasteiger partial charge in [-0.05, 0) is 12.1 Å². The van der Waals surface area contributed by atoms with E-state index >= 15 is 0 Å². The second-order valence-corrected chi connectivity index (χ2v) is 4.31. The van der Waals surface area contributed by atoms with Crippen LogP contribution < -0.4 is 15.4 Å². The molecule has 2 N–H and O–H groups in total. The molecule has 21 heavy (non-hydrogen) atoms. The first-order valence-corrected chi connectivity index (χ1v) is 6.75. The molecule has 0 radical (unpaired) electrons. The monoisotopic (exact) mass is 288 g/mol. The van der Waals surface area contributed by atoms with Crippen molar-refractivity contribution in [3.8, 4) is 5.75 Å². The van der Waals surface area contributed by atoms with Crippen LogP contribution >= 0.6 is 0 Å². The Morgan fingerprint density at radius 2 is 2.10 bits per heavy atom. The van der Waals surface area contributed by atoms with E-state index in [4.69, 9.17) is 4.74 Å². The zero-order valence-electron chi connectivity index (χ0n) is 12.3. The quantitative estimate of drug-likeness (QED) is 0.461. The molecule has 0 saturated carbocycles. The van der Waals surface area contributed by atoms with Crippen LogP contribution in [0, 0.1) is 0 Å². The summed E-state index contributed by atoms with van der Waals surface area (Å²) in [6.45, 7) is 1.79. The van der Waals surface area contributed by atoms with Crippen LogP contribution in [0.25, 0.3) is 0 Å². The molecule has 0 aliphatic heterocycles. The van der Waals surface area contributed by atoms with Crippen molar-refractivity contribution in [1.82, 2.24) is 25.4 Å². The van der Waals surface area contributed by atoms with E-state index in [9.17, 15) is 0 Å². The number of aliphatic imine (C=N–C) groups is 1. The molecule has 1 aromatic carbocycles. The smallest absolute Gasteiger partial charge is 0.191 e. The van der Waals surface area contributed by atoms with Crippen LogP contribution in [0.1, 0.15) is 5.82 Å². The fourth-order valence-electron chi connectivity index (χ4n) is 1.72. The van der Waals surface area contributed by atoms with Crippen molar-refractivity contribution in [2.24, 2.45) is 12.0 Å². The average molecular weight is 288 g/mol. The molecule has 0 atom stereocenters. The number of nitrogens with one attached hydrogen (secondary N) is 2. The van der Waals surface area contributed by atoms with Crippen LogP contribution in [0.2, 0.25) is 0 Å². The molecule has 7 nitrogen and oxygen atoms in total. The van der Waals surface area contributed by atoms with Gasteiger partial charge in [-0.2, -0.15) is 5.10 Å².